The maximum atomic E-state index is 13.2. The highest BCUT2D eigenvalue weighted by Gasteiger charge is 2.34. The normalized spacial score (nSPS) is 20.5. The van der Waals surface area contributed by atoms with E-state index in [1.807, 2.05) is 13.0 Å². The lowest BCUT2D eigenvalue weighted by atomic mass is 10.1. The van der Waals surface area contributed by atoms with E-state index in [0.717, 1.165) is 17.8 Å². The summed E-state index contributed by atoms with van der Waals surface area (Å²) in [7, 11) is 0. The number of pyridine rings is 1. The maximum absolute atomic E-state index is 13.2. The third-order valence-corrected chi connectivity index (χ3v) is 3.24. The van der Waals surface area contributed by atoms with Gasteiger partial charge in [-0.3, -0.25) is 4.90 Å². The second-order valence-corrected chi connectivity index (χ2v) is 4.94. The van der Waals surface area contributed by atoms with Crippen LogP contribution in [0, 0.1) is 6.92 Å². The monoisotopic (exact) mass is 260 g/mol. The van der Waals surface area contributed by atoms with Crippen LogP contribution in [0.3, 0.4) is 0 Å². The van der Waals surface area contributed by atoms with E-state index in [0.29, 0.717) is 18.1 Å². The smallest absolute Gasteiger partial charge is 0.260 e. The van der Waals surface area contributed by atoms with E-state index in [1.54, 1.807) is 11.0 Å². The predicted molar refractivity (Wildman–Crippen MR) is 63.4 cm³/mol. The Kier molecular flexibility index (Phi) is 3.64. The highest BCUT2D eigenvalue weighted by molar-refractivity contribution is 6.29. The Balaban J connectivity index is 2.05. The van der Waals surface area contributed by atoms with Gasteiger partial charge in [0.2, 0.25) is 0 Å². The largest absolute Gasteiger partial charge is 0.293 e. The first-order valence-electron chi connectivity index (χ1n) is 5.68. The summed E-state index contributed by atoms with van der Waals surface area (Å²) in [5, 5.41) is 0.440. The first kappa shape index (κ1) is 12.7. The van der Waals surface area contributed by atoms with Crippen LogP contribution in [0.5, 0.6) is 0 Å². The van der Waals surface area contributed by atoms with E-state index in [-0.39, 0.29) is 13.0 Å². The lowest BCUT2D eigenvalue weighted by molar-refractivity contribution is -0.0661. The molecule has 1 aromatic heterocycles. The first-order chi connectivity index (χ1) is 7.96. The van der Waals surface area contributed by atoms with Crippen molar-refractivity contribution < 1.29 is 8.78 Å². The standard InChI is InChI=1S/C12H15ClF2N2/c1-9-10(3-4-11(13)16-9)7-17-6-2-5-12(14,15)8-17/h3-4H,2,5-8H2,1H3. The van der Waals surface area contributed by atoms with E-state index in [2.05, 4.69) is 4.98 Å². The molecule has 0 amide bonds. The molecule has 5 heteroatoms. The summed E-state index contributed by atoms with van der Waals surface area (Å²) in [5.74, 6) is -2.55. The van der Waals surface area contributed by atoms with Gasteiger partial charge in [0.1, 0.15) is 5.15 Å². The molecule has 2 rings (SSSR count). The molecule has 17 heavy (non-hydrogen) atoms. The molecule has 0 saturated carbocycles. The van der Waals surface area contributed by atoms with E-state index < -0.39 is 5.92 Å². The molecule has 94 valence electrons. The highest BCUT2D eigenvalue weighted by atomic mass is 35.5. The molecule has 0 unspecified atom stereocenters. The maximum Gasteiger partial charge on any atom is 0.260 e. The van der Waals surface area contributed by atoms with Crippen molar-refractivity contribution in [1.29, 1.82) is 0 Å². The van der Waals surface area contributed by atoms with Crippen LogP contribution in [-0.4, -0.2) is 28.9 Å². The van der Waals surface area contributed by atoms with Crippen molar-refractivity contribution >= 4 is 11.6 Å². The molecule has 0 spiro atoms. The van der Waals surface area contributed by atoms with E-state index in [1.165, 1.54) is 0 Å². The minimum atomic E-state index is -2.55. The van der Waals surface area contributed by atoms with Crippen LogP contribution in [-0.2, 0) is 6.54 Å². The van der Waals surface area contributed by atoms with Gasteiger partial charge in [0.15, 0.2) is 0 Å². The van der Waals surface area contributed by atoms with Gasteiger partial charge in [-0.1, -0.05) is 17.7 Å². The summed E-state index contributed by atoms with van der Waals surface area (Å²) >= 11 is 5.76. The van der Waals surface area contributed by atoms with Crippen molar-refractivity contribution in [3.63, 3.8) is 0 Å². The number of hydrogen-bond acceptors (Lipinski definition) is 2. The van der Waals surface area contributed by atoms with Gasteiger partial charge in [-0.25, -0.2) is 13.8 Å². The van der Waals surface area contributed by atoms with Crippen molar-refractivity contribution in [2.75, 3.05) is 13.1 Å². The lowest BCUT2D eigenvalue weighted by Crippen LogP contribution is -2.42. The quantitative estimate of drug-likeness (QED) is 0.759. The van der Waals surface area contributed by atoms with Crippen molar-refractivity contribution in [2.45, 2.75) is 32.2 Å². The number of halogens is 3. The fourth-order valence-corrected chi connectivity index (χ4v) is 2.34. The Morgan fingerprint density at radius 2 is 2.24 bits per heavy atom. The van der Waals surface area contributed by atoms with Crippen molar-refractivity contribution in [2.24, 2.45) is 0 Å². The molecule has 1 aliphatic rings. The van der Waals surface area contributed by atoms with Crippen molar-refractivity contribution in [3.8, 4) is 0 Å². The molecule has 0 aromatic carbocycles. The molecule has 2 nitrogen and oxygen atoms in total. The van der Waals surface area contributed by atoms with Crippen LogP contribution < -0.4 is 0 Å². The van der Waals surface area contributed by atoms with Gasteiger partial charge in [-0.05, 0) is 31.5 Å². The van der Waals surface area contributed by atoms with Gasteiger partial charge in [0.05, 0.1) is 6.54 Å². The average molecular weight is 261 g/mol. The van der Waals surface area contributed by atoms with Gasteiger partial charge in [0.25, 0.3) is 5.92 Å². The Hall–Kier alpha value is -0.740. The molecule has 1 aromatic rings. The van der Waals surface area contributed by atoms with Crippen LogP contribution in [0.4, 0.5) is 8.78 Å². The summed E-state index contributed by atoms with van der Waals surface area (Å²) < 4.78 is 26.5. The lowest BCUT2D eigenvalue weighted by Gasteiger charge is -2.32. The number of alkyl halides is 2. The molecule has 0 atom stereocenters. The Bertz CT molecular complexity index is 409. The minimum absolute atomic E-state index is 0.00134. The second-order valence-electron chi connectivity index (χ2n) is 4.55. The zero-order chi connectivity index (χ0) is 12.5. The van der Waals surface area contributed by atoms with Crippen LogP contribution in [0.2, 0.25) is 5.15 Å². The van der Waals surface area contributed by atoms with Gasteiger partial charge in [0, 0.05) is 18.7 Å². The second kappa shape index (κ2) is 4.86. The Morgan fingerprint density at radius 1 is 1.47 bits per heavy atom. The number of rotatable bonds is 2. The summed E-state index contributed by atoms with van der Waals surface area (Å²) in [4.78, 5) is 5.91. The van der Waals surface area contributed by atoms with Crippen molar-refractivity contribution in [1.82, 2.24) is 9.88 Å². The van der Waals surface area contributed by atoms with Crippen molar-refractivity contribution in [3.05, 3.63) is 28.5 Å². The first-order valence-corrected chi connectivity index (χ1v) is 6.06. The Morgan fingerprint density at radius 3 is 2.88 bits per heavy atom. The molecule has 0 aliphatic carbocycles. The topological polar surface area (TPSA) is 16.1 Å². The van der Waals surface area contributed by atoms with E-state index >= 15 is 0 Å². The highest BCUT2D eigenvalue weighted by Crippen LogP contribution is 2.27. The van der Waals surface area contributed by atoms with Crippen LogP contribution in [0.1, 0.15) is 24.1 Å². The average Bonchev–Trinajstić information content (AvgIpc) is 2.21. The van der Waals surface area contributed by atoms with Gasteiger partial charge < -0.3 is 0 Å². The summed E-state index contributed by atoms with van der Waals surface area (Å²) in [6.45, 7) is 2.93. The van der Waals surface area contributed by atoms with Gasteiger partial charge in [-0.2, -0.15) is 0 Å². The van der Waals surface area contributed by atoms with Crippen LogP contribution in [0.15, 0.2) is 12.1 Å². The Labute approximate surface area is 105 Å². The SMILES string of the molecule is Cc1nc(Cl)ccc1CN1CCCC(F)(F)C1. The predicted octanol–water partition coefficient (Wildman–Crippen LogP) is 3.27. The fraction of sp³-hybridized carbons (Fsp3) is 0.583. The molecule has 0 bridgehead atoms. The molecule has 1 fully saturated rings. The molecule has 2 heterocycles. The molecule has 1 aliphatic heterocycles. The van der Waals surface area contributed by atoms with E-state index in [9.17, 15) is 8.78 Å². The number of hydrogen-bond donors (Lipinski definition) is 0. The zero-order valence-corrected chi connectivity index (χ0v) is 10.5. The molecule has 0 N–H and O–H groups in total. The summed E-state index contributed by atoms with van der Waals surface area (Å²) in [6, 6.07) is 3.56. The number of likely N-dealkylation sites (tertiary alicyclic amines) is 1. The molecular formula is C12H15ClF2N2. The minimum Gasteiger partial charge on any atom is -0.293 e. The third-order valence-electron chi connectivity index (χ3n) is 3.03. The third kappa shape index (κ3) is 3.36. The number of piperidine rings is 1. The summed E-state index contributed by atoms with van der Waals surface area (Å²) in [5.41, 5.74) is 1.78. The van der Waals surface area contributed by atoms with Gasteiger partial charge in [-0.15, -0.1) is 0 Å². The number of aromatic nitrogens is 1. The summed E-state index contributed by atoms with van der Waals surface area (Å²) in [6.07, 6.45) is 0.550. The van der Waals surface area contributed by atoms with E-state index in [4.69, 9.17) is 11.6 Å². The molecule has 1 saturated heterocycles. The number of aryl methyl sites for hydroxylation is 1. The van der Waals surface area contributed by atoms with Crippen LogP contribution >= 0.6 is 11.6 Å². The number of nitrogens with zero attached hydrogens (tertiary/aromatic N) is 2. The van der Waals surface area contributed by atoms with Gasteiger partial charge >= 0.3 is 0 Å². The van der Waals surface area contributed by atoms with Crippen LogP contribution in [0.25, 0.3) is 0 Å². The zero-order valence-electron chi connectivity index (χ0n) is 9.72. The fourth-order valence-electron chi connectivity index (χ4n) is 2.15. The molecule has 0 radical (unpaired) electrons. The molecular weight excluding hydrogens is 246 g/mol.